The van der Waals surface area contributed by atoms with Gasteiger partial charge in [-0.15, -0.1) is 0 Å². The molecule has 0 aromatic heterocycles. The number of rotatable bonds is 6. The van der Waals surface area contributed by atoms with Gasteiger partial charge in [0, 0.05) is 6.42 Å². The third kappa shape index (κ3) is 5.77. The van der Waals surface area contributed by atoms with Crippen molar-refractivity contribution in [3.63, 3.8) is 0 Å². The summed E-state index contributed by atoms with van der Waals surface area (Å²) in [5, 5.41) is 3.83. The molecule has 2 rings (SSSR count). The molecule has 1 fully saturated rings. The van der Waals surface area contributed by atoms with Crippen LogP contribution in [0, 0.1) is 19.8 Å². The Morgan fingerprint density at radius 1 is 1.40 bits per heavy atom. The summed E-state index contributed by atoms with van der Waals surface area (Å²) in [6, 6.07) is 3.23. The van der Waals surface area contributed by atoms with Gasteiger partial charge in [0.2, 0.25) is 5.91 Å². The first kappa shape index (κ1) is 19.3. The largest absolute Gasteiger partial charge is 0.434 e. The monoisotopic (exact) mass is 374 g/mol. The zero-order chi connectivity index (χ0) is 18.6. The Balaban J connectivity index is 1.92. The van der Waals surface area contributed by atoms with Crippen molar-refractivity contribution in [1.82, 2.24) is 5.43 Å². The molecule has 1 N–H and O–H groups in total. The maximum absolute atomic E-state index is 12.4. The molecule has 1 aliphatic heterocycles. The molecule has 6 nitrogen and oxygen atoms in total. The van der Waals surface area contributed by atoms with Crippen LogP contribution in [0.4, 0.5) is 8.78 Å². The van der Waals surface area contributed by atoms with Gasteiger partial charge in [0.1, 0.15) is 5.75 Å². The van der Waals surface area contributed by atoms with Crippen molar-refractivity contribution in [2.75, 3.05) is 11.5 Å². The van der Waals surface area contributed by atoms with Crippen LogP contribution in [0.1, 0.15) is 29.5 Å². The lowest BCUT2D eigenvalue weighted by Crippen LogP contribution is -2.21. The van der Waals surface area contributed by atoms with E-state index in [0.717, 1.165) is 0 Å². The van der Waals surface area contributed by atoms with Crippen LogP contribution < -0.4 is 10.2 Å². The molecule has 0 spiro atoms. The second-order valence-electron chi connectivity index (χ2n) is 6.13. The average molecular weight is 374 g/mol. The molecule has 1 saturated heterocycles. The Hall–Kier alpha value is -2.03. The summed E-state index contributed by atoms with van der Waals surface area (Å²) in [6.45, 7) is 0.387. The summed E-state index contributed by atoms with van der Waals surface area (Å²) >= 11 is 0. The fourth-order valence-electron chi connectivity index (χ4n) is 2.85. The summed E-state index contributed by atoms with van der Waals surface area (Å²) in [6.07, 6.45) is 1.99. The number of carbonyl (C=O) groups is 1. The lowest BCUT2D eigenvalue weighted by atomic mass is 10.1. The molecule has 1 amide bonds. The van der Waals surface area contributed by atoms with E-state index in [0.29, 0.717) is 23.1 Å². The number of hydrazone groups is 1. The van der Waals surface area contributed by atoms with Crippen LogP contribution in [-0.4, -0.2) is 38.7 Å². The Morgan fingerprint density at radius 3 is 2.56 bits per heavy atom. The van der Waals surface area contributed by atoms with Gasteiger partial charge in [0.15, 0.2) is 9.84 Å². The van der Waals surface area contributed by atoms with Crippen molar-refractivity contribution in [3.8, 4) is 5.75 Å². The third-order valence-electron chi connectivity index (χ3n) is 3.89. The molecule has 1 aromatic rings. The number of nitrogens with one attached hydrogen (secondary N) is 1. The molecule has 0 saturated carbocycles. The Morgan fingerprint density at radius 2 is 2.04 bits per heavy atom. The van der Waals surface area contributed by atoms with E-state index in [1.165, 1.54) is 6.21 Å². The summed E-state index contributed by atoms with van der Waals surface area (Å²) in [5.41, 5.74) is 4.04. The summed E-state index contributed by atoms with van der Waals surface area (Å²) in [5.74, 6) is -0.243. The molecule has 1 aromatic carbocycles. The molecule has 0 unspecified atom stereocenters. The molecule has 1 heterocycles. The Kier molecular flexibility index (Phi) is 6.10. The van der Waals surface area contributed by atoms with Crippen LogP contribution in [-0.2, 0) is 14.6 Å². The first-order valence-corrected chi connectivity index (χ1v) is 9.57. The van der Waals surface area contributed by atoms with Gasteiger partial charge in [-0.05, 0) is 55.0 Å². The van der Waals surface area contributed by atoms with Gasteiger partial charge in [-0.1, -0.05) is 0 Å². The maximum Gasteiger partial charge on any atom is 0.387 e. The first-order chi connectivity index (χ1) is 11.7. The van der Waals surface area contributed by atoms with E-state index in [1.54, 1.807) is 26.0 Å². The fraction of sp³-hybridized carbons (Fsp3) is 0.500. The van der Waals surface area contributed by atoms with Gasteiger partial charge in [-0.2, -0.15) is 13.9 Å². The number of carbonyl (C=O) groups excluding carboxylic acids is 1. The van der Waals surface area contributed by atoms with Crippen LogP contribution in [0.2, 0.25) is 0 Å². The van der Waals surface area contributed by atoms with Crippen LogP contribution in [0.15, 0.2) is 17.2 Å². The van der Waals surface area contributed by atoms with Crippen molar-refractivity contribution in [2.24, 2.45) is 11.0 Å². The SMILES string of the molecule is Cc1cc(/C=N\NC(=O)C[C@H]2CCS(=O)(=O)C2)cc(C)c1OC(F)F. The van der Waals surface area contributed by atoms with Crippen LogP contribution in [0.25, 0.3) is 0 Å². The minimum Gasteiger partial charge on any atom is -0.434 e. The van der Waals surface area contributed by atoms with E-state index < -0.39 is 16.4 Å². The van der Waals surface area contributed by atoms with Crippen molar-refractivity contribution in [1.29, 1.82) is 0 Å². The third-order valence-corrected chi connectivity index (χ3v) is 5.73. The van der Waals surface area contributed by atoms with Gasteiger partial charge in [-0.25, -0.2) is 13.8 Å². The molecule has 138 valence electrons. The second kappa shape index (κ2) is 7.90. The van der Waals surface area contributed by atoms with E-state index in [1.807, 2.05) is 0 Å². The molecular formula is C16H20F2N2O4S. The number of alkyl halides is 2. The lowest BCUT2D eigenvalue weighted by Gasteiger charge is -2.11. The van der Waals surface area contributed by atoms with Crippen molar-refractivity contribution < 1.29 is 26.7 Å². The highest BCUT2D eigenvalue weighted by molar-refractivity contribution is 7.91. The number of hydrogen-bond donors (Lipinski definition) is 1. The van der Waals surface area contributed by atoms with Crippen LogP contribution >= 0.6 is 0 Å². The number of aryl methyl sites for hydroxylation is 2. The van der Waals surface area contributed by atoms with E-state index in [2.05, 4.69) is 15.3 Å². The first-order valence-electron chi connectivity index (χ1n) is 7.74. The van der Waals surface area contributed by atoms with Gasteiger partial charge in [0.05, 0.1) is 17.7 Å². The number of amides is 1. The van der Waals surface area contributed by atoms with E-state index in [-0.39, 0.29) is 35.5 Å². The van der Waals surface area contributed by atoms with Crippen molar-refractivity contribution in [3.05, 3.63) is 28.8 Å². The molecule has 25 heavy (non-hydrogen) atoms. The smallest absolute Gasteiger partial charge is 0.387 e. The molecule has 0 bridgehead atoms. The molecule has 9 heteroatoms. The van der Waals surface area contributed by atoms with Crippen molar-refractivity contribution >= 4 is 22.0 Å². The number of hydrogen-bond acceptors (Lipinski definition) is 5. The average Bonchev–Trinajstić information content (AvgIpc) is 2.81. The quantitative estimate of drug-likeness (QED) is 0.611. The Bertz CT molecular complexity index is 755. The number of sulfone groups is 1. The zero-order valence-corrected chi connectivity index (χ0v) is 14.8. The van der Waals surface area contributed by atoms with Crippen LogP contribution in [0.5, 0.6) is 5.75 Å². The maximum atomic E-state index is 12.4. The van der Waals surface area contributed by atoms with E-state index in [4.69, 9.17) is 0 Å². The lowest BCUT2D eigenvalue weighted by molar-refractivity contribution is -0.121. The topological polar surface area (TPSA) is 84.8 Å². The fourth-order valence-corrected chi connectivity index (χ4v) is 4.71. The number of nitrogens with zero attached hydrogens (tertiary/aromatic N) is 1. The van der Waals surface area contributed by atoms with Gasteiger partial charge < -0.3 is 4.74 Å². The molecule has 1 atom stereocenters. The van der Waals surface area contributed by atoms with Crippen molar-refractivity contribution in [2.45, 2.75) is 33.3 Å². The highest BCUT2D eigenvalue weighted by Gasteiger charge is 2.29. The summed E-state index contributed by atoms with van der Waals surface area (Å²) in [7, 11) is -3.01. The normalized spacial score (nSPS) is 19.5. The van der Waals surface area contributed by atoms with Gasteiger partial charge >= 0.3 is 6.61 Å². The standard InChI is InChI=1S/C16H20F2N2O4S/c1-10-5-13(6-11(2)15(10)24-16(17)18)8-19-20-14(21)7-12-3-4-25(22,23)9-12/h5-6,8,12,16H,3-4,7,9H2,1-2H3,(H,20,21)/b19-8-/t12-/m1/s1. The highest BCUT2D eigenvalue weighted by Crippen LogP contribution is 2.26. The highest BCUT2D eigenvalue weighted by atomic mass is 32.2. The minimum absolute atomic E-state index is 0.0358. The number of benzene rings is 1. The van der Waals surface area contributed by atoms with Crippen LogP contribution in [0.3, 0.4) is 0 Å². The number of halogens is 2. The molecular weight excluding hydrogens is 354 g/mol. The molecule has 0 aliphatic carbocycles. The molecule has 1 aliphatic rings. The van der Waals surface area contributed by atoms with Gasteiger partial charge in [-0.3, -0.25) is 4.79 Å². The van der Waals surface area contributed by atoms with E-state index >= 15 is 0 Å². The van der Waals surface area contributed by atoms with Gasteiger partial charge in [0.25, 0.3) is 0 Å². The second-order valence-corrected chi connectivity index (χ2v) is 8.36. The zero-order valence-electron chi connectivity index (χ0n) is 14.0. The Labute approximate surface area is 145 Å². The van der Waals surface area contributed by atoms with E-state index in [9.17, 15) is 22.0 Å². The summed E-state index contributed by atoms with van der Waals surface area (Å²) < 4.78 is 51.9. The predicted octanol–water partition coefficient (Wildman–Crippen LogP) is 2.18. The minimum atomic E-state index is -3.01. The summed E-state index contributed by atoms with van der Waals surface area (Å²) in [4.78, 5) is 11.8. The molecule has 0 radical (unpaired) electrons. The number of ether oxygens (including phenoxy) is 1. The predicted molar refractivity (Wildman–Crippen MR) is 89.7 cm³/mol.